The number of nitrogens with one attached hydrogen (secondary N) is 1. The number of hydrogen-bond donors (Lipinski definition) is 1. The van der Waals surface area contributed by atoms with Gasteiger partial charge in [0.1, 0.15) is 17.5 Å². The van der Waals surface area contributed by atoms with Crippen molar-refractivity contribution >= 4 is 23.0 Å². The van der Waals surface area contributed by atoms with Gasteiger partial charge in [0.2, 0.25) is 0 Å². The van der Waals surface area contributed by atoms with Crippen LogP contribution in [0.1, 0.15) is 12.0 Å². The van der Waals surface area contributed by atoms with E-state index in [0.29, 0.717) is 30.4 Å². The van der Waals surface area contributed by atoms with Gasteiger partial charge < -0.3 is 14.2 Å². The Bertz CT molecular complexity index is 901. The second-order valence-corrected chi connectivity index (χ2v) is 5.79. The molecule has 7 nitrogen and oxygen atoms in total. The number of rotatable bonds is 9. The molecule has 0 spiro atoms. The minimum absolute atomic E-state index is 0.172. The van der Waals surface area contributed by atoms with Crippen LogP contribution in [0.3, 0.4) is 0 Å². The van der Waals surface area contributed by atoms with Gasteiger partial charge in [0.25, 0.3) is 0 Å². The summed E-state index contributed by atoms with van der Waals surface area (Å²) in [7, 11) is 1.43. The lowest BCUT2D eigenvalue weighted by Crippen LogP contribution is -2.17. The molecular weight excluding hydrogens is 413 g/mol. The van der Waals surface area contributed by atoms with E-state index in [9.17, 15) is 18.4 Å². The molecule has 0 aliphatic heterocycles. The van der Waals surface area contributed by atoms with Crippen molar-refractivity contribution in [3.63, 3.8) is 0 Å². The summed E-state index contributed by atoms with van der Waals surface area (Å²) in [5, 5.41) is 16.9. The van der Waals surface area contributed by atoms with Crippen LogP contribution in [0.4, 0.5) is 24.5 Å². The van der Waals surface area contributed by atoms with Gasteiger partial charge in [-0.3, -0.25) is 5.43 Å². The summed E-state index contributed by atoms with van der Waals surface area (Å²) in [5.74, 6) is 0.715. The monoisotopic (exact) mass is 428 g/mol. The lowest BCUT2D eigenvalue weighted by molar-refractivity contribution is -0.274. The van der Waals surface area contributed by atoms with E-state index in [1.54, 1.807) is 0 Å². The standard InChI is InChI=1S/C18H16ClF3N4O3/c1-27-16-8-12(11-23)15(10-17(16)28-7-3-6-19)25-26-24-13-4-2-5-14(9-13)29-18(20,21)22/h2,4-5,8-10H,3,6-7H2,1H3,(H,24,25). The number of methoxy groups -OCH3 is 1. The topological polar surface area (TPSA) is 88.2 Å². The molecule has 2 aromatic rings. The smallest absolute Gasteiger partial charge is 0.493 e. The second-order valence-electron chi connectivity index (χ2n) is 5.41. The maximum absolute atomic E-state index is 12.3. The molecule has 29 heavy (non-hydrogen) atoms. The average molecular weight is 429 g/mol. The first-order valence-corrected chi connectivity index (χ1v) is 8.73. The van der Waals surface area contributed by atoms with Crippen molar-refractivity contribution in [2.45, 2.75) is 12.8 Å². The van der Waals surface area contributed by atoms with E-state index in [1.807, 2.05) is 6.07 Å². The molecule has 2 rings (SSSR count). The summed E-state index contributed by atoms with van der Waals surface area (Å²) in [5.41, 5.74) is 3.05. The van der Waals surface area contributed by atoms with Gasteiger partial charge in [0.15, 0.2) is 11.5 Å². The van der Waals surface area contributed by atoms with E-state index in [4.69, 9.17) is 21.1 Å². The zero-order valence-electron chi connectivity index (χ0n) is 15.2. The van der Waals surface area contributed by atoms with Crippen molar-refractivity contribution in [1.82, 2.24) is 0 Å². The first kappa shape index (κ1) is 22.1. The van der Waals surface area contributed by atoms with Crippen LogP contribution in [-0.4, -0.2) is 26.0 Å². The first-order valence-electron chi connectivity index (χ1n) is 8.19. The van der Waals surface area contributed by atoms with E-state index < -0.39 is 12.1 Å². The van der Waals surface area contributed by atoms with Gasteiger partial charge in [-0.15, -0.1) is 29.9 Å². The number of anilines is 1. The number of alkyl halides is 4. The zero-order valence-corrected chi connectivity index (χ0v) is 15.9. The highest BCUT2D eigenvalue weighted by Crippen LogP contribution is 2.35. The van der Waals surface area contributed by atoms with Crippen molar-refractivity contribution in [3.05, 3.63) is 42.0 Å². The fourth-order valence-electron chi connectivity index (χ4n) is 2.13. The van der Waals surface area contributed by atoms with Crippen LogP contribution >= 0.6 is 11.6 Å². The molecule has 0 bridgehead atoms. The molecule has 0 atom stereocenters. The highest BCUT2D eigenvalue weighted by Gasteiger charge is 2.31. The average Bonchev–Trinajstić information content (AvgIpc) is 2.67. The molecule has 2 aromatic carbocycles. The van der Waals surface area contributed by atoms with Crippen LogP contribution in [0.5, 0.6) is 17.2 Å². The van der Waals surface area contributed by atoms with Crippen LogP contribution in [-0.2, 0) is 0 Å². The maximum atomic E-state index is 12.3. The quantitative estimate of drug-likeness (QED) is 0.243. The van der Waals surface area contributed by atoms with E-state index in [-0.39, 0.29) is 16.9 Å². The summed E-state index contributed by atoms with van der Waals surface area (Å²) in [6.45, 7) is 0.340. The molecule has 1 N–H and O–H groups in total. The van der Waals surface area contributed by atoms with Crippen LogP contribution in [0.15, 0.2) is 46.7 Å². The Kier molecular flexibility index (Phi) is 7.91. The van der Waals surface area contributed by atoms with Gasteiger partial charge in [0.05, 0.1) is 25.0 Å². The molecule has 0 saturated heterocycles. The lowest BCUT2D eigenvalue weighted by Gasteiger charge is -2.11. The maximum Gasteiger partial charge on any atom is 0.573 e. The summed E-state index contributed by atoms with van der Waals surface area (Å²) in [6.07, 6.45) is -4.19. The third-order valence-electron chi connectivity index (χ3n) is 3.34. The largest absolute Gasteiger partial charge is 0.573 e. The minimum Gasteiger partial charge on any atom is -0.493 e. The molecular formula is C18H16ClF3N4O3. The number of nitrogens with zero attached hydrogens (tertiary/aromatic N) is 3. The Morgan fingerprint density at radius 2 is 2.00 bits per heavy atom. The number of hydrogen-bond acceptors (Lipinski definition) is 6. The Morgan fingerprint density at radius 1 is 1.21 bits per heavy atom. The molecule has 0 aliphatic rings. The predicted molar refractivity (Wildman–Crippen MR) is 99.8 cm³/mol. The number of benzene rings is 2. The Morgan fingerprint density at radius 3 is 2.66 bits per heavy atom. The molecule has 0 radical (unpaired) electrons. The van der Waals surface area contributed by atoms with Gasteiger partial charge in [-0.05, 0) is 18.6 Å². The molecule has 0 unspecified atom stereocenters. The van der Waals surface area contributed by atoms with E-state index in [1.165, 1.54) is 31.4 Å². The molecule has 0 heterocycles. The van der Waals surface area contributed by atoms with Gasteiger partial charge in [-0.1, -0.05) is 11.3 Å². The van der Waals surface area contributed by atoms with Gasteiger partial charge in [-0.2, -0.15) is 5.26 Å². The second kappa shape index (κ2) is 10.4. The number of ether oxygens (including phenoxy) is 3. The van der Waals surface area contributed by atoms with E-state index in [0.717, 1.165) is 12.1 Å². The highest BCUT2D eigenvalue weighted by molar-refractivity contribution is 6.17. The molecule has 0 saturated carbocycles. The summed E-state index contributed by atoms with van der Waals surface area (Å²) in [4.78, 5) is 0. The normalized spacial score (nSPS) is 11.2. The van der Waals surface area contributed by atoms with Crippen molar-refractivity contribution < 1.29 is 27.4 Å². The van der Waals surface area contributed by atoms with E-state index >= 15 is 0 Å². The summed E-state index contributed by atoms with van der Waals surface area (Å²) < 4.78 is 51.5. The third-order valence-corrected chi connectivity index (χ3v) is 3.61. The summed E-state index contributed by atoms with van der Waals surface area (Å²) >= 11 is 5.63. The van der Waals surface area contributed by atoms with Crippen LogP contribution < -0.4 is 19.6 Å². The third kappa shape index (κ3) is 7.04. The molecule has 0 aliphatic carbocycles. The molecule has 11 heteroatoms. The van der Waals surface area contributed by atoms with Gasteiger partial charge in [0, 0.05) is 24.1 Å². The molecule has 0 amide bonds. The molecule has 0 fully saturated rings. The SMILES string of the molecule is COc1cc(C#N)c(N=NNc2cccc(OC(F)(F)F)c2)cc1OCCCCl. The first-order chi connectivity index (χ1) is 13.9. The number of halogens is 4. The minimum atomic E-state index is -4.80. The number of nitriles is 1. The van der Waals surface area contributed by atoms with Crippen molar-refractivity contribution in [2.24, 2.45) is 10.3 Å². The zero-order chi connectivity index (χ0) is 21.3. The lowest BCUT2D eigenvalue weighted by atomic mass is 10.1. The van der Waals surface area contributed by atoms with Crippen LogP contribution in [0.2, 0.25) is 0 Å². The fourth-order valence-corrected chi connectivity index (χ4v) is 2.24. The molecule has 0 aromatic heterocycles. The Labute approximate surface area is 169 Å². The van der Waals surface area contributed by atoms with Crippen molar-refractivity contribution in [1.29, 1.82) is 5.26 Å². The van der Waals surface area contributed by atoms with E-state index in [2.05, 4.69) is 20.5 Å². The van der Waals surface area contributed by atoms with Crippen LogP contribution in [0.25, 0.3) is 0 Å². The Balaban J connectivity index is 2.18. The predicted octanol–water partition coefficient (Wildman–Crippen LogP) is 5.58. The van der Waals surface area contributed by atoms with Crippen molar-refractivity contribution in [2.75, 3.05) is 25.0 Å². The highest BCUT2D eigenvalue weighted by atomic mass is 35.5. The Hall–Kier alpha value is -3.19. The van der Waals surface area contributed by atoms with Gasteiger partial charge in [-0.25, -0.2) is 0 Å². The molecule has 154 valence electrons. The fraction of sp³-hybridized carbons (Fsp3) is 0.278. The van der Waals surface area contributed by atoms with Crippen LogP contribution in [0, 0.1) is 11.3 Å². The van der Waals surface area contributed by atoms with Gasteiger partial charge >= 0.3 is 6.36 Å². The van der Waals surface area contributed by atoms with Crippen molar-refractivity contribution in [3.8, 4) is 23.3 Å². The summed E-state index contributed by atoms with van der Waals surface area (Å²) in [6, 6.07) is 9.97.